The summed E-state index contributed by atoms with van der Waals surface area (Å²) in [6, 6.07) is 8.90. The maximum absolute atomic E-state index is 11.7. The van der Waals surface area contributed by atoms with Crippen LogP contribution < -0.4 is 4.74 Å². The van der Waals surface area contributed by atoms with E-state index < -0.39 is 9.84 Å². The van der Waals surface area contributed by atoms with Crippen molar-refractivity contribution in [3.63, 3.8) is 0 Å². The lowest BCUT2D eigenvalue weighted by molar-refractivity contribution is -0.118. The van der Waals surface area contributed by atoms with Crippen molar-refractivity contribution in [3.05, 3.63) is 47.8 Å². The normalized spacial score (nSPS) is 16.5. The third-order valence-corrected chi connectivity index (χ3v) is 7.24. The van der Waals surface area contributed by atoms with Gasteiger partial charge in [0.2, 0.25) is 0 Å². The molecule has 0 fully saturated rings. The summed E-state index contributed by atoms with van der Waals surface area (Å²) in [6.45, 7) is 4.54. The Morgan fingerprint density at radius 3 is 2.74 bits per heavy atom. The minimum Gasteiger partial charge on any atom is -0.456 e. The molecule has 0 saturated heterocycles. The van der Waals surface area contributed by atoms with Crippen LogP contribution in [0.2, 0.25) is 0 Å². The predicted molar refractivity (Wildman–Crippen MR) is 123 cm³/mol. The second-order valence-corrected chi connectivity index (χ2v) is 10.8. The first kappa shape index (κ1) is 21.6. The smallest absolute Gasteiger partial charge is 0.192 e. The highest BCUT2D eigenvalue weighted by atomic mass is 32.2. The number of ketones is 1. The molecule has 162 valence electrons. The van der Waals surface area contributed by atoms with Crippen molar-refractivity contribution in [2.45, 2.75) is 37.0 Å². The lowest BCUT2D eigenvalue weighted by Gasteiger charge is -2.07. The Morgan fingerprint density at radius 1 is 1.26 bits per heavy atom. The Bertz CT molecular complexity index is 1280. The quantitative estimate of drug-likeness (QED) is 0.568. The number of H-pyrrole nitrogens is 1. The number of hydrogen-bond acceptors (Lipinski definition) is 7. The molecule has 9 heteroatoms. The Kier molecular flexibility index (Phi) is 5.90. The molecule has 0 aliphatic carbocycles. The van der Waals surface area contributed by atoms with Crippen LogP contribution in [0.25, 0.3) is 10.9 Å². The van der Waals surface area contributed by atoms with Crippen LogP contribution in [-0.4, -0.2) is 47.3 Å². The van der Waals surface area contributed by atoms with Gasteiger partial charge in [-0.2, -0.15) is 0 Å². The molecule has 1 atom stereocenters. The summed E-state index contributed by atoms with van der Waals surface area (Å²) >= 11 is 1.65. The van der Waals surface area contributed by atoms with E-state index in [1.54, 1.807) is 17.8 Å². The van der Waals surface area contributed by atoms with E-state index >= 15 is 0 Å². The van der Waals surface area contributed by atoms with Crippen molar-refractivity contribution in [3.8, 4) is 11.5 Å². The zero-order valence-corrected chi connectivity index (χ0v) is 19.1. The number of benzene rings is 1. The standard InChI is InChI=1S/C22H23N3O4S2/c1-4-15(26)10-18-12-24-22(30-18)19-9-14-8-17(7-13(2)21(14)25-19)29-16-5-6-20(23-11-16)31(3,27)28/h5-9,11,18,25H,4,10,12H2,1-3H3. The minimum atomic E-state index is -3.35. The van der Waals surface area contributed by atoms with Crippen molar-refractivity contribution in [1.82, 2.24) is 9.97 Å². The van der Waals surface area contributed by atoms with Gasteiger partial charge in [-0.25, -0.2) is 13.4 Å². The molecule has 1 aromatic carbocycles. The molecule has 2 aromatic heterocycles. The van der Waals surface area contributed by atoms with E-state index in [4.69, 9.17) is 4.74 Å². The van der Waals surface area contributed by atoms with Gasteiger partial charge >= 0.3 is 0 Å². The maximum atomic E-state index is 11.7. The number of Topliss-reactive ketones (excluding diaryl/α,β-unsaturated/α-hetero) is 1. The largest absolute Gasteiger partial charge is 0.456 e. The number of nitrogens with zero attached hydrogens (tertiary/aromatic N) is 2. The molecule has 1 N–H and O–H groups in total. The molecule has 0 spiro atoms. The van der Waals surface area contributed by atoms with Crippen LogP contribution in [0.15, 0.2) is 46.5 Å². The van der Waals surface area contributed by atoms with Crippen molar-refractivity contribution in [2.24, 2.45) is 4.99 Å². The number of fused-ring (bicyclic) bond motifs is 1. The Labute approximate surface area is 185 Å². The number of hydrogen-bond donors (Lipinski definition) is 1. The van der Waals surface area contributed by atoms with E-state index in [9.17, 15) is 13.2 Å². The zero-order chi connectivity index (χ0) is 22.2. The van der Waals surface area contributed by atoms with E-state index in [2.05, 4.69) is 15.0 Å². The Hall–Kier alpha value is -2.65. The lowest BCUT2D eigenvalue weighted by Crippen LogP contribution is -2.10. The highest BCUT2D eigenvalue weighted by Crippen LogP contribution is 2.33. The van der Waals surface area contributed by atoms with Gasteiger partial charge in [0, 0.05) is 35.3 Å². The number of thioether (sulfide) groups is 1. The van der Waals surface area contributed by atoms with Crippen LogP contribution in [0, 0.1) is 6.92 Å². The molecule has 0 amide bonds. The van der Waals surface area contributed by atoms with Gasteiger partial charge in [-0.15, -0.1) is 0 Å². The highest BCUT2D eigenvalue weighted by molar-refractivity contribution is 8.15. The summed E-state index contributed by atoms with van der Waals surface area (Å²) in [5.74, 6) is 1.36. The monoisotopic (exact) mass is 457 g/mol. The van der Waals surface area contributed by atoms with Gasteiger partial charge in [0.1, 0.15) is 22.3 Å². The molecular weight excluding hydrogens is 434 g/mol. The van der Waals surface area contributed by atoms with Crippen LogP contribution in [0.1, 0.15) is 31.0 Å². The van der Waals surface area contributed by atoms with Crippen molar-refractivity contribution in [2.75, 3.05) is 12.8 Å². The number of rotatable bonds is 7. The van der Waals surface area contributed by atoms with Crippen LogP contribution >= 0.6 is 11.8 Å². The molecule has 31 heavy (non-hydrogen) atoms. The molecule has 0 radical (unpaired) electrons. The van der Waals surface area contributed by atoms with Gasteiger partial charge in [-0.05, 0) is 42.8 Å². The van der Waals surface area contributed by atoms with Gasteiger partial charge < -0.3 is 9.72 Å². The second kappa shape index (κ2) is 8.47. The zero-order valence-electron chi connectivity index (χ0n) is 17.5. The summed E-state index contributed by atoms with van der Waals surface area (Å²) in [7, 11) is -3.35. The van der Waals surface area contributed by atoms with Gasteiger partial charge in [0.25, 0.3) is 0 Å². The number of nitrogens with one attached hydrogen (secondary N) is 1. The third kappa shape index (κ3) is 4.83. The van der Waals surface area contributed by atoms with E-state index in [1.807, 2.05) is 32.0 Å². The number of pyridine rings is 1. The number of carbonyl (C=O) groups excluding carboxylic acids is 1. The fourth-order valence-electron chi connectivity index (χ4n) is 3.42. The summed E-state index contributed by atoms with van der Waals surface area (Å²) in [4.78, 5) is 23.8. The van der Waals surface area contributed by atoms with Crippen molar-refractivity contribution < 1.29 is 17.9 Å². The SMILES string of the molecule is CCC(=O)CC1CN=C(c2cc3cc(Oc4ccc(S(C)(=O)=O)nc4)cc(C)c3[nH]2)S1. The van der Waals surface area contributed by atoms with Crippen LogP contribution in [-0.2, 0) is 14.6 Å². The average molecular weight is 458 g/mol. The van der Waals surface area contributed by atoms with E-state index in [1.165, 1.54) is 12.3 Å². The molecule has 3 aromatic rings. The number of aromatic nitrogens is 2. The fourth-order valence-corrected chi connectivity index (χ4v) is 5.10. The van der Waals surface area contributed by atoms with E-state index in [0.717, 1.165) is 33.5 Å². The van der Waals surface area contributed by atoms with Crippen LogP contribution in [0.5, 0.6) is 11.5 Å². The van der Waals surface area contributed by atoms with Gasteiger partial charge in [0.05, 0.1) is 18.4 Å². The second-order valence-electron chi connectivity index (χ2n) is 7.58. The number of aryl methyl sites for hydroxylation is 1. The molecule has 0 saturated carbocycles. The lowest BCUT2D eigenvalue weighted by atomic mass is 10.1. The van der Waals surface area contributed by atoms with Gasteiger partial charge in [0.15, 0.2) is 14.9 Å². The highest BCUT2D eigenvalue weighted by Gasteiger charge is 2.24. The first-order valence-corrected chi connectivity index (χ1v) is 12.7. The topological polar surface area (TPSA) is 101 Å². The minimum absolute atomic E-state index is 0.00976. The molecule has 4 rings (SSSR count). The molecule has 0 bridgehead atoms. The summed E-state index contributed by atoms with van der Waals surface area (Å²) in [5, 5.41) is 2.13. The fraction of sp³-hybridized carbons (Fsp3) is 0.318. The molecular formula is C22H23N3O4S2. The third-order valence-electron chi connectivity index (χ3n) is 5.02. The first-order chi connectivity index (χ1) is 14.7. The molecule has 1 aliphatic heterocycles. The maximum Gasteiger partial charge on any atom is 0.192 e. The van der Waals surface area contributed by atoms with Gasteiger partial charge in [-0.3, -0.25) is 9.79 Å². The molecule has 1 aliphatic rings. The number of sulfone groups is 1. The predicted octanol–water partition coefficient (Wildman–Crippen LogP) is 4.30. The Balaban J connectivity index is 1.54. The van der Waals surface area contributed by atoms with Gasteiger partial charge in [-0.1, -0.05) is 18.7 Å². The Morgan fingerprint density at radius 2 is 2.06 bits per heavy atom. The number of carbonyl (C=O) groups is 1. The summed E-state index contributed by atoms with van der Waals surface area (Å²) in [6.07, 6.45) is 3.64. The summed E-state index contributed by atoms with van der Waals surface area (Å²) in [5.41, 5.74) is 2.95. The number of ether oxygens (including phenoxy) is 1. The number of aromatic amines is 1. The molecule has 7 nitrogen and oxygen atoms in total. The average Bonchev–Trinajstić information content (AvgIpc) is 3.35. The summed E-state index contributed by atoms with van der Waals surface area (Å²) < 4.78 is 29.0. The van der Waals surface area contributed by atoms with Crippen LogP contribution in [0.4, 0.5) is 0 Å². The molecule has 3 heterocycles. The first-order valence-electron chi connectivity index (χ1n) is 9.93. The number of aliphatic imine (C=N–C) groups is 1. The van der Waals surface area contributed by atoms with E-state index in [0.29, 0.717) is 30.9 Å². The van der Waals surface area contributed by atoms with E-state index in [-0.39, 0.29) is 16.1 Å². The van der Waals surface area contributed by atoms with Crippen LogP contribution in [0.3, 0.4) is 0 Å². The molecule has 1 unspecified atom stereocenters. The van der Waals surface area contributed by atoms with Crippen molar-refractivity contribution in [1.29, 1.82) is 0 Å². The van der Waals surface area contributed by atoms with Crippen molar-refractivity contribution >= 4 is 43.3 Å².